The molecule has 0 radical (unpaired) electrons. The van der Waals surface area contributed by atoms with E-state index in [1.807, 2.05) is 0 Å². The van der Waals surface area contributed by atoms with Gasteiger partial charge in [0.25, 0.3) is 0 Å². The van der Waals surface area contributed by atoms with Gasteiger partial charge >= 0.3 is 0 Å². The molecule has 0 aliphatic carbocycles. The molecule has 0 aromatic heterocycles. The minimum Gasteiger partial charge on any atom is -0.390 e. The number of carbonyl (C=O) groups is 2. The van der Waals surface area contributed by atoms with Crippen molar-refractivity contribution in [2.45, 2.75) is 31.2 Å². The van der Waals surface area contributed by atoms with E-state index in [-0.39, 0.29) is 11.8 Å². The van der Waals surface area contributed by atoms with Crippen molar-refractivity contribution in [1.82, 2.24) is 0 Å². The Labute approximate surface area is 145 Å². The average molecular weight is 434 g/mol. The van der Waals surface area contributed by atoms with Gasteiger partial charge in [-0.2, -0.15) is 0 Å². The highest BCUT2D eigenvalue weighted by atomic mass is 127. The third kappa shape index (κ3) is 1.78. The van der Waals surface area contributed by atoms with Gasteiger partial charge < -0.3 is 9.84 Å². The molecule has 3 aliphatic heterocycles. The second-order valence-electron chi connectivity index (χ2n) is 6.28. The van der Waals surface area contributed by atoms with Gasteiger partial charge in [0, 0.05) is 9.99 Å². The summed E-state index contributed by atoms with van der Waals surface area (Å²) >= 11 is 8.07. The average Bonchev–Trinajstić information content (AvgIpc) is 3.00. The fourth-order valence-electron chi connectivity index (χ4n) is 4.02. The number of hydrogen-bond donors (Lipinski definition) is 1. The molecule has 3 aliphatic rings. The summed E-state index contributed by atoms with van der Waals surface area (Å²) in [5, 5.41) is 10.6. The number of aliphatic hydroxyl groups excluding tert-OH is 1. The summed E-state index contributed by atoms with van der Waals surface area (Å²) in [6.07, 6.45) is -0.875. The van der Waals surface area contributed by atoms with Crippen molar-refractivity contribution in [3.8, 4) is 0 Å². The molecular weight excluding hydrogens is 421 g/mol. The molecule has 22 heavy (non-hydrogen) atoms. The zero-order valence-electron chi connectivity index (χ0n) is 11.6. The number of fused-ring (bicyclic) bond motifs is 5. The van der Waals surface area contributed by atoms with Gasteiger partial charge in [-0.15, -0.1) is 0 Å². The third-order valence-electron chi connectivity index (χ3n) is 4.92. The van der Waals surface area contributed by atoms with Gasteiger partial charge in [0.15, 0.2) is 0 Å². The van der Waals surface area contributed by atoms with Gasteiger partial charge in [-0.05, 0) is 47.7 Å². The minimum atomic E-state index is -0.754. The lowest BCUT2D eigenvalue weighted by Gasteiger charge is -2.27. The van der Waals surface area contributed by atoms with Crippen molar-refractivity contribution in [3.63, 3.8) is 0 Å². The predicted molar refractivity (Wildman–Crippen MR) is 87.5 cm³/mol. The van der Waals surface area contributed by atoms with E-state index >= 15 is 0 Å². The van der Waals surface area contributed by atoms with Crippen molar-refractivity contribution in [2.75, 3.05) is 4.90 Å². The molecule has 1 aromatic rings. The van der Waals surface area contributed by atoms with Gasteiger partial charge in [-0.1, -0.05) is 11.6 Å². The molecule has 7 heteroatoms. The van der Waals surface area contributed by atoms with Crippen LogP contribution in [0.25, 0.3) is 0 Å². The maximum absolute atomic E-state index is 12.8. The summed E-state index contributed by atoms with van der Waals surface area (Å²) in [5.74, 6) is -1.64. The molecule has 0 spiro atoms. The number of nitrogens with zero attached hydrogens (tertiary/aromatic N) is 1. The normalized spacial score (nSPS) is 39.7. The van der Waals surface area contributed by atoms with Crippen LogP contribution in [0.15, 0.2) is 18.2 Å². The van der Waals surface area contributed by atoms with Crippen LogP contribution in [0.3, 0.4) is 0 Å². The SMILES string of the molecule is CC12C[C@H](O)C(O1)C1C(=O)N(c3ccc(Cl)c(I)c3)C(=O)[C@@H]12. The van der Waals surface area contributed by atoms with E-state index in [0.29, 0.717) is 17.1 Å². The number of anilines is 1. The van der Waals surface area contributed by atoms with Crippen molar-refractivity contribution < 1.29 is 19.4 Å². The predicted octanol–water partition coefficient (Wildman–Crippen LogP) is 1.97. The molecule has 5 atom stereocenters. The van der Waals surface area contributed by atoms with Crippen molar-refractivity contribution >= 4 is 51.7 Å². The maximum Gasteiger partial charge on any atom is 0.240 e. The molecule has 5 nitrogen and oxygen atoms in total. The highest BCUT2D eigenvalue weighted by Crippen LogP contribution is 2.55. The van der Waals surface area contributed by atoms with Crippen molar-refractivity contribution in [2.24, 2.45) is 11.8 Å². The molecule has 3 heterocycles. The quantitative estimate of drug-likeness (QED) is 0.543. The molecule has 4 rings (SSSR count). The molecule has 1 N–H and O–H groups in total. The Morgan fingerprint density at radius 2 is 2.14 bits per heavy atom. The number of amides is 2. The number of rotatable bonds is 1. The van der Waals surface area contributed by atoms with Gasteiger partial charge in [0.2, 0.25) is 11.8 Å². The molecule has 3 fully saturated rings. The summed E-state index contributed by atoms with van der Waals surface area (Å²) in [6, 6.07) is 5.07. The molecule has 3 unspecified atom stereocenters. The lowest BCUT2D eigenvalue weighted by molar-refractivity contribution is -0.127. The zero-order valence-corrected chi connectivity index (χ0v) is 14.5. The first-order chi connectivity index (χ1) is 10.3. The second-order valence-corrected chi connectivity index (χ2v) is 7.85. The van der Waals surface area contributed by atoms with Crippen molar-refractivity contribution in [1.29, 1.82) is 0 Å². The first kappa shape index (κ1) is 14.9. The first-order valence-corrected chi connectivity index (χ1v) is 8.48. The van der Waals surface area contributed by atoms with Crippen LogP contribution in [0.5, 0.6) is 0 Å². The van der Waals surface area contributed by atoms with Crippen LogP contribution >= 0.6 is 34.2 Å². The van der Waals surface area contributed by atoms with Crippen LogP contribution in [0.1, 0.15) is 13.3 Å². The fraction of sp³-hybridized carbons (Fsp3) is 0.467. The van der Waals surface area contributed by atoms with Crippen LogP contribution in [0.2, 0.25) is 5.02 Å². The molecule has 3 saturated heterocycles. The van der Waals surface area contributed by atoms with E-state index in [1.54, 1.807) is 25.1 Å². The summed E-state index contributed by atoms with van der Waals surface area (Å²) in [5.41, 5.74) is -0.230. The van der Waals surface area contributed by atoms with Gasteiger partial charge in [0.1, 0.15) is 0 Å². The molecule has 2 bridgehead atoms. The van der Waals surface area contributed by atoms with Crippen LogP contribution in [-0.4, -0.2) is 34.7 Å². The van der Waals surface area contributed by atoms with E-state index in [9.17, 15) is 14.7 Å². The Morgan fingerprint density at radius 1 is 1.41 bits per heavy atom. The lowest BCUT2D eigenvalue weighted by atomic mass is 9.73. The summed E-state index contributed by atoms with van der Waals surface area (Å²) in [7, 11) is 0. The molecule has 2 amide bonds. The third-order valence-corrected chi connectivity index (χ3v) is 6.46. The molecule has 116 valence electrons. The van der Waals surface area contributed by atoms with E-state index in [2.05, 4.69) is 22.6 Å². The van der Waals surface area contributed by atoms with Crippen LogP contribution < -0.4 is 4.90 Å². The Kier molecular flexibility index (Phi) is 3.15. The monoisotopic (exact) mass is 433 g/mol. The summed E-state index contributed by atoms with van der Waals surface area (Å²) in [6.45, 7) is 1.81. The van der Waals surface area contributed by atoms with E-state index < -0.39 is 29.6 Å². The van der Waals surface area contributed by atoms with E-state index in [1.165, 1.54) is 4.90 Å². The Morgan fingerprint density at radius 3 is 2.82 bits per heavy atom. The number of hydrogen-bond acceptors (Lipinski definition) is 4. The molecule has 0 saturated carbocycles. The molecule has 1 aromatic carbocycles. The number of carbonyl (C=O) groups excluding carboxylic acids is 2. The van der Waals surface area contributed by atoms with Crippen molar-refractivity contribution in [3.05, 3.63) is 26.8 Å². The van der Waals surface area contributed by atoms with Crippen LogP contribution in [0, 0.1) is 15.4 Å². The fourth-order valence-corrected chi connectivity index (χ4v) is 4.64. The first-order valence-electron chi connectivity index (χ1n) is 7.02. The Hall–Kier alpha value is -0.700. The van der Waals surface area contributed by atoms with Crippen LogP contribution in [0.4, 0.5) is 5.69 Å². The van der Waals surface area contributed by atoms with Gasteiger partial charge in [-0.3, -0.25) is 9.59 Å². The highest BCUT2D eigenvalue weighted by molar-refractivity contribution is 14.1. The summed E-state index contributed by atoms with van der Waals surface area (Å²) in [4.78, 5) is 26.8. The smallest absolute Gasteiger partial charge is 0.240 e. The number of aliphatic hydroxyl groups is 1. The Bertz CT molecular complexity index is 711. The van der Waals surface area contributed by atoms with Crippen LogP contribution in [-0.2, 0) is 14.3 Å². The van der Waals surface area contributed by atoms with Gasteiger partial charge in [0.05, 0.1) is 40.4 Å². The zero-order chi connectivity index (χ0) is 15.8. The highest BCUT2D eigenvalue weighted by Gasteiger charge is 2.70. The minimum absolute atomic E-state index is 0.245. The maximum atomic E-state index is 12.8. The lowest BCUT2D eigenvalue weighted by Crippen LogP contribution is -2.42. The van der Waals surface area contributed by atoms with E-state index in [0.717, 1.165) is 3.57 Å². The number of halogens is 2. The largest absolute Gasteiger partial charge is 0.390 e. The van der Waals surface area contributed by atoms with E-state index in [4.69, 9.17) is 16.3 Å². The number of ether oxygens (including phenoxy) is 1. The second kappa shape index (κ2) is 4.66. The number of benzene rings is 1. The van der Waals surface area contributed by atoms with Gasteiger partial charge in [-0.25, -0.2) is 4.90 Å². The molecular formula is C15H13ClINO4. The summed E-state index contributed by atoms with van der Waals surface area (Å²) < 4.78 is 6.54. The topological polar surface area (TPSA) is 66.8 Å². The standard InChI is InChI=1S/C15H13ClINO4/c1-15-5-9(19)12(22-15)10-11(15)14(21)18(13(10)20)6-2-3-7(16)8(17)4-6/h2-4,9-12,19H,5H2,1H3/t9-,10?,11+,12?,15?/m0/s1. The number of imide groups is 1. The Balaban J connectivity index is 1.77.